The first-order chi connectivity index (χ1) is 12.6. The van der Waals surface area contributed by atoms with Gasteiger partial charge in [-0.1, -0.05) is 26.0 Å². The van der Waals surface area contributed by atoms with E-state index in [1.54, 1.807) is 7.05 Å². The molecule has 0 heterocycles. The molecule has 0 aliphatic carbocycles. The highest BCUT2D eigenvalue weighted by atomic mass is 32.2. The van der Waals surface area contributed by atoms with Gasteiger partial charge in [0.15, 0.2) is 5.96 Å². The Balaban J connectivity index is 2.63. The normalized spacial score (nSPS) is 13.5. The molecule has 27 heavy (non-hydrogen) atoms. The average Bonchev–Trinajstić information content (AvgIpc) is 2.54. The summed E-state index contributed by atoms with van der Waals surface area (Å²) in [6, 6.07) is 6.20. The van der Waals surface area contributed by atoms with Crippen LogP contribution in [0.1, 0.15) is 44.7 Å². The molecule has 0 spiro atoms. The molecule has 0 amide bonds. The zero-order valence-corrected chi connectivity index (χ0v) is 18.3. The molecule has 1 unspecified atom stereocenters. The van der Waals surface area contributed by atoms with Crippen molar-refractivity contribution >= 4 is 15.8 Å². The molecule has 1 aromatic carbocycles. The van der Waals surface area contributed by atoms with Crippen molar-refractivity contribution in [2.24, 2.45) is 10.9 Å². The van der Waals surface area contributed by atoms with Crippen LogP contribution in [0.3, 0.4) is 0 Å². The Bertz CT molecular complexity index is 715. The van der Waals surface area contributed by atoms with E-state index in [1.807, 2.05) is 0 Å². The van der Waals surface area contributed by atoms with Crippen molar-refractivity contribution in [1.29, 1.82) is 0 Å². The molecule has 0 bridgehead atoms. The molecule has 0 aromatic heterocycles. The highest BCUT2D eigenvalue weighted by molar-refractivity contribution is 7.90. The summed E-state index contributed by atoms with van der Waals surface area (Å²) in [5, 5.41) is 6.41. The predicted molar refractivity (Wildman–Crippen MR) is 113 cm³/mol. The minimum absolute atomic E-state index is 0.152. The standard InChI is InChI=1S/C20H35N3O3S/c1-15(2)12-17(4)26-19-13-16(3)8-9-18(19)14-23-20(21-5)22-10-7-11-27(6,24)25/h8-9,13,15,17H,7,10-12,14H2,1-6H3,(H2,21,22,23). The van der Waals surface area contributed by atoms with Gasteiger partial charge in [-0.2, -0.15) is 0 Å². The van der Waals surface area contributed by atoms with Crippen LogP contribution >= 0.6 is 0 Å². The predicted octanol–water partition coefficient (Wildman–Crippen LogP) is 2.91. The van der Waals surface area contributed by atoms with Crippen molar-refractivity contribution < 1.29 is 13.2 Å². The third-order valence-corrected chi connectivity index (χ3v) is 5.04. The Morgan fingerprint density at radius 2 is 1.93 bits per heavy atom. The summed E-state index contributed by atoms with van der Waals surface area (Å²) in [7, 11) is -1.23. The van der Waals surface area contributed by atoms with Crippen LogP contribution in [0.2, 0.25) is 0 Å². The molecule has 6 nitrogen and oxygen atoms in total. The molecule has 7 heteroatoms. The van der Waals surface area contributed by atoms with Crippen molar-refractivity contribution in [3.8, 4) is 5.75 Å². The van der Waals surface area contributed by atoms with Crippen LogP contribution in [-0.4, -0.2) is 46.1 Å². The number of aliphatic imine (C=N–C) groups is 1. The van der Waals surface area contributed by atoms with E-state index in [0.717, 1.165) is 23.3 Å². The number of guanidine groups is 1. The van der Waals surface area contributed by atoms with Crippen molar-refractivity contribution in [2.45, 2.75) is 53.2 Å². The van der Waals surface area contributed by atoms with Crippen molar-refractivity contribution in [1.82, 2.24) is 10.6 Å². The van der Waals surface area contributed by atoms with Gasteiger partial charge in [0.1, 0.15) is 15.6 Å². The molecule has 0 aliphatic rings. The zero-order chi connectivity index (χ0) is 20.4. The first kappa shape index (κ1) is 23.3. The fourth-order valence-electron chi connectivity index (χ4n) is 2.79. The fraction of sp³-hybridized carbons (Fsp3) is 0.650. The van der Waals surface area contributed by atoms with Gasteiger partial charge in [0, 0.05) is 32.0 Å². The molecule has 1 rings (SSSR count). The van der Waals surface area contributed by atoms with E-state index in [0.29, 0.717) is 31.4 Å². The zero-order valence-electron chi connectivity index (χ0n) is 17.5. The molecule has 0 fully saturated rings. The molecule has 2 N–H and O–H groups in total. The number of ether oxygens (including phenoxy) is 1. The van der Waals surface area contributed by atoms with Crippen LogP contribution in [0.15, 0.2) is 23.2 Å². The minimum atomic E-state index is -2.93. The van der Waals surface area contributed by atoms with E-state index in [2.05, 4.69) is 61.5 Å². The minimum Gasteiger partial charge on any atom is -0.490 e. The SMILES string of the molecule is CN=C(NCCCS(C)(=O)=O)NCc1ccc(C)cc1OC(C)CC(C)C. The van der Waals surface area contributed by atoms with Crippen LogP contribution in [0.4, 0.5) is 0 Å². The Kier molecular flexibility index (Phi) is 9.63. The lowest BCUT2D eigenvalue weighted by atomic mass is 10.1. The summed E-state index contributed by atoms with van der Waals surface area (Å²) in [6.07, 6.45) is 2.95. The summed E-state index contributed by atoms with van der Waals surface area (Å²) in [5.74, 6) is 2.29. The summed E-state index contributed by atoms with van der Waals surface area (Å²) in [6.45, 7) is 9.67. The first-order valence-electron chi connectivity index (χ1n) is 9.49. The van der Waals surface area contributed by atoms with E-state index in [9.17, 15) is 8.42 Å². The second-order valence-electron chi connectivity index (χ2n) is 7.51. The van der Waals surface area contributed by atoms with Gasteiger partial charge in [-0.25, -0.2) is 8.42 Å². The Labute approximate surface area is 164 Å². The number of benzene rings is 1. The monoisotopic (exact) mass is 397 g/mol. The lowest BCUT2D eigenvalue weighted by Gasteiger charge is -2.20. The molecular formula is C20H35N3O3S. The highest BCUT2D eigenvalue weighted by Gasteiger charge is 2.11. The number of aryl methyl sites for hydroxylation is 1. The maximum Gasteiger partial charge on any atom is 0.191 e. The molecule has 1 aromatic rings. The van der Waals surface area contributed by atoms with Gasteiger partial charge < -0.3 is 15.4 Å². The molecule has 0 radical (unpaired) electrons. The summed E-state index contributed by atoms with van der Waals surface area (Å²) < 4.78 is 28.5. The van der Waals surface area contributed by atoms with Crippen molar-refractivity contribution in [2.75, 3.05) is 25.6 Å². The summed E-state index contributed by atoms with van der Waals surface area (Å²) in [4.78, 5) is 4.19. The van der Waals surface area contributed by atoms with Gasteiger partial charge in [0.25, 0.3) is 0 Å². The van der Waals surface area contributed by atoms with Crippen LogP contribution in [-0.2, 0) is 16.4 Å². The van der Waals surface area contributed by atoms with E-state index >= 15 is 0 Å². The van der Waals surface area contributed by atoms with Crippen LogP contribution in [0, 0.1) is 12.8 Å². The molecule has 0 saturated carbocycles. The van der Waals surface area contributed by atoms with Gasteiger partial charge in [-0.3, -0.25) is 4.99 Å². The maximum absolute atomic E-state index is 11.2. The second kappa shape index (κ2) is 11.2. The summed E-state index contributed by atoms with van der Waals surface area (Å²) in [5.41, 5.74) is 2.23. The lowest BCUT2D eigenvalue weighted by Crippen LogP contribution is -2.37. The molecule has 0 aliphatic heterocycles. The third kappa shape index (κ3) is 10.2. The van der Waals surface area contributed by atoms with E-state index in [-0.39, 0.29) is 11.9 Å². The quantitative estimate of drug-likeness (QED) is 0.360. The highest BCUT2D eigenvalue weighted by Crippen LogP contribution is 2.23. The second-order valence-corrected chi connectivity index (χ2v) is 9.76. The Hall–Kier alpha value is -1.76. The smallest absolute Gasteiger partial charge is 0.191 e. The van der Waals surface area contributed by atoms with Gasteiger partial charge in [-0.15, -0.1) is 0 Å². The number of hydrogen-bond donors (Lipinski definition) is 2. The van der Waals surface area contributed by atoms with Gasteiger partial charge >= 0.3 is 0 Å². The fourth-order valence-corrected chi connectivity index (χ4v) is 3.46. The Morgan fingerprint density at radius 1 is 1.22 bits per heavy atom. The topological polar surface area (TPSA) is 79.8 Å². The average molecular weight is 398 g/mol. The van der Waals surface area contributed by atoms with E-state index in [1.165, 1.54) is 6.26 Å². The first-order valence-corrected chi connectivity index (χ1v) is 11.5. The number of sulfone groups is 1. The summed E-state index contributed by atoms with van der Waals surface area (Å²) >= 11 is 0. The molecule has 1 atom stereocenters. The number of hydrogen-bond acceptors (Lipinski definition) is 4. The molecule has 154 valence electrons. The van der Waals surface area contributed by atoms with Crippen LogP contribution < -0.4 is 15.4 Å². The largest absolute Gasteiger partial charge is 0.490 e. The number of nitrogens with one attached hydrogen (secondary N) is 2. The van der Waals surface area contributed by atoms with Crippen molar-refractivity contribution in [3.05, 3.63) is 29.3 Å². The maximum atomic E-state index is 11.2. The number of nitrogens with zero attached hydrogens (tertiary/aromatic N) is 1. The Morgan fingerprint density at radius 3 is 2.52 bits per heavy atom. The van der Waals surface area contributed by atoms with Gasteiger partial charge in [0.05, 0.1) is 11.9 Å². The van der Waals surface area contributed by atoms with Gasteiger partial charge in [0.2, 0.25) is 0 Å². The number of rotatable bonds is 10. The van der Waals surface area contributed by atoms with E-state index < -0.39 is 9.84 Å². The van der Waals surface area contributed by atoms with Crippen molar-refractivity contribution in [3.63, 3.8) is 0 Å². The third-order valence-electron chi connectivity index (χ3n) is 4.01. The van der Waals surface area contributed by atoms with E-state index in [4.69, 9.17) is 4.74 Å². The van der Waals surface area contributed by atoms with Crippen LogP contribution in [0.5, 0.6) is 5.75 Å². The van der Waals surface area contributed by atoms with Crippen LogP contribution in [0.25, 0.3) is 0 Å². The molecule has 0 saturated heterocycles. The van der Waals surface area contributed by atoms with Gasteiger partial charge in [-0.05, 0) is 44.2 Å². The lowest BCUT2D eigenvalue weighted by molar-refractivity contribution is 0.191. The molecular weight excluding hydrogens is 362 g/mol.